The van der Waals surface area contributed by atoms with Crippen LogP contribution in [0.1, 0.15) is 44.9 Å². The monoisotopic (exact) mass is 359 g/mol. The van der Waals surface area contributed by atoms with E-state index in [1.807, 2.05) is 0 Å². The van der Waals surface area contributed by atoms with Crippen molar-refractivity contribution in [1.29, 1.82) is 0 Å². The molecular formula is C19H29N5O2. The van der Waals surface area contributed by atoms with Crippen molar-refractivity contribution >= 4 is 11.7 Å². The zero-order chi connectivity index (χ0) is 18.5. The van der Waals surface area contributed by atoms with Crippen molar-refractivity contribution in [2.24, 2.45) is 16.5 Å². The summed E-state index contributed by atoms with van der Waals surface area (Å²) >= 11 is 0. The number of aliphatic imine (C=N–C) groups is 1. The molecule has 1 amide bonds. The summed E-state index contributed by atoms with van der Waals surface area (Å²) in [6.07, 6.45) is 10.1. The summed E-state index contributed by atoms with van der Waals surface area (Å²) < 4.78 is 5.38. The predicted octanol–water partition coefficient (Wildman–Crippen LogP) is 1.48. The fourth-order valence-corrected chi connectivity index (χ4v) is 3.86. The zero-order valence-corrected chi connectivity index (χ0v) is 15.2. The van der Waals surface area contributed by atoms with Gasteiger partial charge in [-0.15, -0.1) is 0 Å². The maximum absolute atomic E-state index is 12.7. The number of hydrogen-bond donors (Lipinski definition) is 3. The molecular weight excluding hydrogens is 330 g/mol. The predicted molar refractivity (Wildman–Crippen MR) is 102 cm³/mol. The summed E-state index contributed by atoms with van der Waals surface area (Å²) in [7, 11) is 0. The molecule has 2 fully saturated rings. The number of carbonyl (C=O) groups is 1. The molecule has 2 heterocycles. The third kappa shape index (κ3) is 4.09. The summed E-state index contributed by atoms with van der Waals surface area (Å²) in [6, 6.07) is 0.409. The first-order chi connectivity index (χ1) is 12.6. The summed E-state index contributed by atoms with van der Waals surface area (Å²) in [5.41, 5.74) is 12.8. The van der Waals surface area contributed by atoms with E-state index >= 15 is 0 Å². The molecule has 7 heteroatoms. The van der Waals surface area contributed by atoms with Crippen LogP contribution >= 0.6 is 0 Å². The van der Waals surface area contributed by atoms with E-state index in [9.17, 15) is 4.79 Å². The minimum Gasteiger partial charge on any atom is -0.404 e. The minimum atomic E-state index is -0.127. The molecule has 142 valence electrons. The lowest BCUT2D eigenvalue weighted by molar-refractivity contribution is -0.124. The Balaban J connectivity index is 1.85. The van der Waals surface area contributed by atoms with Gasteiger partial charge in [0, 0.05) is 43.3 Å². The highest BCUT2D eigenvalue weighted by Gasteiger charge is 2.34. The van der Waals surface area contributed by atoms with Gasteiger partial charge in [0.2, 0.25) is 0 Å². The lowest BCUT2D eigenvalue weighted by atomic mass is 9.92. The lowest BCUT2D eigenvalue weighted by Crippen LogP contribution is -2.49. The van der Waals surface area contributed by atoms with Gasteiger partial charge in [-0.25, -0.2) is 4.99 Å². The van der Waals surface area contributed by atoms with Gasteiger partial charge in [0.1, 0.15) is 11.7 Å². The average molecular weight is 359 g/mol. The van der Waals surface area contributed by atoms with Crippen LogP contribution < -0.4 is 16.8 Å². The van der Waals surface area contributed by atoms with Crippen molar-refractivity contribution in [1.82, 2.24) is 10.2 Å². The molecule has 5 N–H and O–H groups in total. The van der Waals surface area contributed by atoms with Gasteiger partial charge in [0.25, 0.3) is 5.91 Å². The van der Waals surface area contributed by atoms with Crippen LogP contribution in [0.4, 0.5) is 0 Å². The fraction of sp³-hybridized carbons (Fsp3) is 0.579. The second-order valence-corrected chi connectivity index (χ2v) is 7.09. The zero-order valence-electron chi connectivity index (χ0n) is 15.2. The van der Waals surface area contributed by atoms with Crippen molar-refractivity contribution < 1.29 is 9.53 Å². The SMILES string of the molecule is C=C(/N=C1\C(=C/N)C(N)=CC(=O)N1C1CCCCC1)NC1CCOCC1. The molecule has 0 atom stereocenters. The van der Waals surface area contributed by atoms with Gasteiger partial charge in [-0.1, -0.05) is 25.8 Å². The van der Waals surface area contributed by atoms with Crippen LogP contribution in [0.2, 0.25) is 0 Å². The molecule has 7 nitrogen and oxygen atoms in total. The fourth-order valence-electron chi connectivity index (χ4n) is 3.86. The van der Waals surface area contributed by atoms with Crippen LogP contribution in [0.15, 0.2) is 40.9 Å². The molecule has 0 radical (unpaired) electrons. The van der Waals surface area contributed by atoms with Crippen LogP contribution in [-0.4, -0.2) is 41.9 Å². The topological polar surface area (TPSA) is 106 Å². The Bertz CT molecular complexity index is 640. The van der Waals surface area contributed by atoms with Crippen LogP contribution in [0.5, 0.6) is 0 Å². The largest absolute Gasteiger partial charge is 0.404 e. The highest BCUT2D eigenvalue weighted by molar-refractivity contribution is 6.17. The molecule has 1 saturated heterocycles. The highest BCUT2D eigenvalue weighted by Crippen LogP contribution is 2.28. The van der Waals surface area contributed by atoms with Crippen LogP contribution in [0.3, 0.4) is 0 Å². The van der Waals surface area contributed by atoms with E-state index in [4.69, 9.17) is 16.2 Å². The number of amidine groups is 1. The van der Waals surface area contributed by atoms with Crippen molar-refractivity contribution in [2.75, 3.05) is 13.2 Å². The maximum Gasteiger partial charge on any atom is 0.254 e. The standard InChI is InChI=1S/C19H29N5O2/c1-13(22-14-7-9-26-10-8-14)23-19-16(12-20)17(21)11-18(25)24(19)15-5-3-2-4-6-15/h11-12,14-15,22H,1-10,20-21H2/b16-12-,23-19+. The van der Waals surface area contributed by atoms with Gasteiger partial charge in [-0.05, 0) is 25.7 Å². The van der Waals surface area contributed by atoms with Gasteiger partial charge in [0.15, 0.2) is 0 Å². The van der Waals surface area contributed by atoms with E-state index in [-0.39, 0.29) is 18.0 Å². The number of nitrogens with one attached hydrogen (secondary N) is 1. The van der Waals surface area contributed by atoms with Gasteiger partial charge < -0.3 is 21.5 Å². The summed E-state index contributed by atoms with van der Waals surface area (Å²) in [4.78, 5) is 19.1. The number of hydrogen-bond acceptors (Lipinski definition) is 6. The lowest BCUT2D eigenvalue weighted by Gasteiger charge is -2.37. The molecule has 26 heavy (non-hydrogen) atoms. The molecule has 3 rings (SSSR count). The Kier molecular flexibility index (Phi) is 5.98. The van der Waals surface area contributed by atoms with Crippen molar-refractivity contribution in [3.8, 4) is 0 Å². The number of rotatable bonds is 4. The number of amides is 1. The Morgan fingerprint density at radius 3 is 2.62 bits per heavy atom. The number of carbonyl (C=O) groups excluding carboxylic acids is 1. The highest BCUT2D eigenvalue weighted by atomic mass is 16.5. The maximum atomic E-state index is 12.7. The van der Waals surface area contributed by atoms with E-state index in [0.717, 1.165) is 51.7 Å². The van der Waals surface area contributed by atoms with E-state index in [0.29, 0.717) is 22.9 Å². The van der Waals surface area contributed by atoms with Crippen molar-refractivity contribution in [2.45, 2.75) is 57.0 Å². The molecule has 2 aliphatic heterocycles. The number of nitrogens with zero attached hydrogens (tertiary/aromatic N) is 2. The average Bonchev–Trinajstić information content (AvgIpc) is 2.63. The normalized spacial score (nSPS) is 26.2. The van der Waals surface area contributed by atoms with E-state index in [1.54, 1.807) is 4.90 Å². The number of ether oxygens (including phenoxy) is 1. The van der Waals surface area contributed by atoms with Crippen molar-refractivity contribution in [3.05, 3.63) is 35.9 Å². The van der Waals surface area contributed by atoms with Gasteiger partial charge in [-0.3, -0.25) is 9.69 Å². The molecule has 1 aliphatic carbocycles. The van der Waals surface area contributed by atoms with Crippen LogP contribution in [-0.2, 0) is 9.53 Å². The second kappa shape index (κ2) is 8.40. The van der Waals surface area contributed by atoms with Crippen molar-refractivity contribution in [3.63, 3.8) is 0 Å². The molecule has 0 aromatic heterocycles. The Morgan fingerprint density at radius 2 is 1.96 bits per heavy atom. The minimum absolute atomic E-state index is 0.127. The molecule has 0 bridgehead atoms. The van der Waals surface area contributed by atoms with E-state index in [2.05, 4.69) is 16.9 Å². The molecule has 0 aromatic rings. The summed E-state index contributed by atoms with van der Waals surface area (Å²) in [5, 5.41) is 3.34. The first-order valence-electron chi connectivity index (χ1n) is 9.45. The molecule has 0 unspecified atom stereocenters. The molecule has 0 aromatic carbocycles. The Morgan fingerprint density at radius 1 is 1.27 bits per heavy atom. The van der Waals surface area contributed by atoms with E-state index < -0.39 is 0 Å². The van der Waals surface area contributed by atoms with E-state index in [1.165, 1.54) is 18.7 Å². The summed E-state index contributed by atoms with van der Waals surface area (Å²) in [6.45, 7) is 5.50. The quantitative estimate of drug-likeness (QED) is 0.705. The second-order valence-electron chi connectivity index (χ2n) is 7.09. The Labute approximate surface area is 154 Å². The van der Waals surface area contributed by atoms with Gasteiger partial charge in [0.05, 0.1) is 5.57 Å². The number of nitrogens with two attached hydrogens (primary N) is 2. The third-order valence-corrected chi connectivity index (χ3v) is 5.24. The molecule has 0 spiro atoms. The first kappa shape index (κ1) is 18.5. The van der Waals surface area contributed by atoms with Gasteiger partial charge >= 0.3 is 0 Å². The Hall–Kier alpha value is -2.28. The summed E-state index contributed by atoms with van der Waals surface area (Å²) in [5.74, 6) is 0.904. The van der Waals surface area contributed by atoms with Gasteiger partial charge in [-0.2, -0.15) is 0 Å². The molecule has 3 aliphatic rings. The third-order valence-electron chi connectivity index (χ3n) is 5.24. The smallest absolute Gasteiger partial charge is 0.254 e. The molecule has 1 saturated carbocycles. The van der Waals surface area contributed by atoms with Crippen LogP contribution in [0, 0.1) is 0 Å². The van der Waals surface area contributed by atoms with Crippen LogP contribution in [0.25, 0.3) is 0 Å². The first-order valence-corrected chi connectivity index (χ1v) is 9.45.